The molecule has 0 bridgehead atoms. The van der Waals surface area contributed by atoms with Crippen molar-refractivity contribution in [1.29, 1.82) is 0 Å². The molecule has 1 aliphatic heterocycles. The molecule has 1 aromatic heterocycles. The molecule has 9 nitrogen and oxygen atoms in total. The number of benzene rings is 1. The van der Waals surface area contributed by atoms with Crippen molar-refractivity contribution in [3.8, 4) is 0 Å². The van der Waals surface area contributed by atoms with Crippen molar-refractivity contribution < 1.29 is 17.7 Å². The number of rotatable bonds is 8. The molecule has 1 amide bonds. The van der Waals surface area contributed by atoms with Crippen molar-refractivity contribution in [2.75, 3.05) is 38.0 Å². The molecule has 10 heteroatoms. The van der Waals surface area contributed by atoms with Crippen LogP contribution in [0.1, 0.15) is 52.3 Å². The summed E-state index contributed by atoms with van der Waals surface area (Å²) in [6, 6.07) is 6.34. The third-order valence-electron chi connectivity index (χ3n) is 5.49. The van der Waals surface area contributed by atoms with E-state index in [0.29, 0.717) is 49.8 Å². The van der Waals surface area contributed by atoms with E-state index in [4.69, 9.17) is 4.52 Å². The summed E-state index contributed by atoms with van der Waals surface area (Å²) in [4.78, 5) is 19.1. The maximum atomic E-state index is 12.9. The quantitative estimate of drug-likeness (QED) is 0.641. The van der Waals surface area contributed by atoms with Gasteiger partial charge >= 0.3 is 0 Å². The number of carbonyl (C=O) groups excluding carboxylic acids is 1. The number of carbonyl (C=O) groups is 1. The van der Waals surface area contributed by atoms with Gasteiger partial charge < -0.3 is 14.7 Å². The van der Waals surface area contributed by atoms with Crippen LogP contribution < -0.4 is 5.32 Å². The summed E-state index contributed by atoms with van der Waals surface area (Å²) in [5.41, 5.74) is 0.389. The molecular formula is C22H33N5O4S. The first kappa shape index (κ1) is 24.3. The van der Waals surface area contributed by atoms with E-state index in [0.717, 1.165) is 19.6 Å². The molecule has 0 saturated carbocycles. The number of nitrogens with one attached hydrogen (secondary N) is 1. The molecule has 2 heterocycles. The zero-order chi connectivity index (χ0) is 23.4. The third kappa shape index (κ3) is 6.14. The molecule has 0 atom stereocenters. The fraction of sp³-hybridized carbons (Fsp3) is 0.591. The molecule has 176 valence electrons. The van der Waals surface area contributed by atoms with Gasteiger partial charge in [0, 0.05) is 50.1 Å². The summed E-state index contributed by atoms with van der Waals surface area (Å²) >= 11 is 0. The summed E-state index contributed by atoms with van der Waals surface area (Å²) in [6.07, 6.45) is 1.40. The highest BCUT2D eigenvalue weighted by molar-refractivity contribution is 7.89. The Morgan fingerprint density at radius 2 is 1.78 bits per heavy atom. The highest BCUT2D eigenvalue weighted by Gasteiger charge is 2.28. The predicted molar refractivity (Wildman–Crippen MR) is 122 cm³/mol. The van der Waals surface area contributed by atoms with Gasteiger partial charge in [-0.15, -0.1) is 0 Å². The molecule has 0 radical (unpaired) electrons. The molecule has 1 saturated heterocycles. The number of sulfonamides is 1. The number of likely N-dealkylation sites (N-methyl/N-ethyl adjacent to an activating group) is 1. The number of nitrogens with zero attached hydrogens (tertiary/aromatic N) is 4. The van der Waals surface area contributed by atoms with Crippen LogP contribution in [0, 0.1) is 0 Å². The van der Waals surface area contributed by atoms with E-state index in [1.165, 1.54) is 4.31 Å². The fourth-order valence-electron chi connectivity index (χ4n) is 3.43. The van der Waals surface area contributed by atoms with Crippen LogP contribution in [0.4, 0.5) is 5.69 Å². The monoisotopic (exact) mass is 463 g/mol. The van der Waals surface area contributed by atoms with Crippen LogP contribution in [0.2, 0.25) is 0 Å². The standard InChI is InChI=1S/C22H33N5O4S/c1-5-26-13-15-27(16-14-26)32(29,30)18-11-9-17(10-12-18)23-19(28)7-6-8-20-24-21(25-31-20)22(2,3)4/h9-12H,5-8,13-16H2,1-4H3,(H,23,28). The number of hydrogen-bond acceptors (Lipinski definition) is 7. The highest BCUT2D eigenvalue weighted by Crippen LogP contribution is 2.21. The van der Waals surface area contributed by atoms with Gasteiger partial charge in [0.1, 0.15) is 0 Å². The number of hydrogen-bond donors (Lipinski definition) is 1. The van der Waals surface area contributed by atoms with Crippen LogP contribution in [0.5, 0.6) is 0 Å². The molecule has 0 spiro atoms. The minimum absolute atomic E-state index is 0.146. The van der Waals surface area contributed by atoms with E-state index in [2.05, 4.69) is 27.3 Å². The lowest BCUT2D eigenvalue weighted by Crippen LogP contribution is -2.48. The number of aromatic nitrogens is 2. The predicted octanol–water partition coefficient (Wildman–Crippen LogP) is 2.65. The Morgan fingerprint density at radius 3 is 2.34 bits per heavy atom. The molecule has 1 N–H and O–H groups in total. The number of amides is 1. The Morgan fingerprint density at radius 1 is 1.12 bits per heavy atom. The molecule has 0 unspecified atom stereocenters. The van der Waals surface area contributed by atoms with Gasteiger partial charge in [-0.2, -0.15) is 9.29 Å². The van der Waals surface area contributed by atoms with Gasteiger partial charge in [0.25, 0.3) is 0 Å². The van der Waals surface area contributed by atoms with Crippen molar-refractivity contribution >= 4 is 21.6 Å². The second kappa shape index (κ2) is 10.1. The molecule has 0 aliphatic carbocycles. The van der Waals surface area contributed by atoms with Gasteiger partial charge in [0.15, 0.2) is 5.82 Å². The van der Waals surface area contributed by atoms with E-state index < -0.39 is 10.0 Å². The molecule has 1 aliphatic rings. The zero-order valence-corrected chi connectivity index (χ0v) is 20.1. The van der Waals surface area contributed by atoms with Crippen LogP contribution in [0.3, 0.4) is 0 Å². The normalized spacial score (nSPS) is 16.2. The minimum Gasteiger partial charge on any atom is -0.339 e. The average Bonchev–Trinajstić information content (AvgIpc) is 3.24. The fourth-order valence-corrected chi connectivity index (χ4v) is 4.85. The Balaban J connectivity index is 1.48. The Kier molecular flexibility index (Phi) is 7.68. The van der Waals surface area contributed by atoms with Gasteiger partial charge in [-0.25, -0.2) is 8.42 Å². The smallest absolute Gasteiger partial charge is 0.243 e. The topological polar surface area (TPSA) is 109 Å². The molecule has 32 heavy (non-hydrogen) atoms. The molecule has 1 fully saturated rings. The number of aryl methyl sites for hydroxylation is 1. The Hall–Kier alpha value is -2.30. The maximum absolute atomic E-state index is 12.9. The van der Waals surface area contributed by atoms with Gasteiger partial charge in [-0.05, 0) is 37.2 Å². The summed E-state index contributed by atoms with van der Waals surface area (Å²) in [5.74, 6) is 1.03. The Labute approximate surface area is 190 Å². The van der Waals surface area contributed by atoms with Crippen molar-refractivity contribution in [2.24, 2.45) is 0 Å². The van der Waals surface area contributed by atoms with Crippen LogP contribution in [-0.4, -0.2) is 66.4 Å². The first-order chi connectivity index (χ1) is 15.1. The summed E-state index contributed by atoms with van der Waals surface area (Å²) in [6.45, 7) is 11.5. The van der Waals surface area contributed by atoms with E-state index in [-0.39, 0.29) is 16.2 Å². The molecule has 1 aromatic carbocycles. The van der Waals surface area contributed by atoms with Gasteiger partial charge in [-0.3, -0.25) is 4.79 Å². The molecule has 2 aromatic rings. The first-order valence-electron chi connectivity index (χ1n) is 11.0. The lowest BCUT2D eigenvalue weighted by molar-refractivity contribution is -0.116. The first-order valence-corrected chi connectivity index (χ1v) is 12.5. The van der Waals surface area contributed by atoms with Crippen molar-refractivity contribution in [2.45, 2.75) is 57.3 Å². The van der Waals surface area contributed by atoms with Crippen LogP contribution >= 0.6 is 0 Å². The van der Waals surface area contributed by atoms with E-state index in [1.807, 2.05) is 20.8 Å². The summed E-state index contributed by atoms with van der Waals surface area (Å²) < 4.78 is 32.5. The van der Waals surface area contributed by atoms with Crippen LogP contribution in [0.25, 0.3) is 0 Å². The Bertz CT molecular complexity index is 1000. The van der Waals surface area contributed by atoms with Crippen LogP contribution in [-0.2, 0) is 26.7 Å². The molecule has 3 rings (SSSR count). The zero-order valence-electron chi connectivity index (χ0n) is 19.3. The summed E-state index contributed by atoms with van der Waals surface area (Å²) in [7, 11) is -3.52. The lowest BCUT2D eigenvalue weighted by Gasteiger charge is -2.33. The van der Waals surface area contributed by atoms with Crippen LogP contribution in [0.15, 0.2) is 33.7 Å². The van der Waals surface area contributed by atoms with Gasteiger partial charge in [0.05, 0.1) is 4.90 Å². The summed E-state index contributed by atoms with van der Waals surface area (Å²) in [5, 5.41) is 6.79. The van der Waals surface area contributed by atoms with E-state index in [1.54, 1.807) is 24.3 Å². The second-order valence-electron chi connectivity index (χ2n) is 9.03. The third-order valence-corrected chi connectivity index (χ3v) is 7.40. The lowest BCUT2D eigenvalue weighted by atomic mass is 9.96. The minimum atomic E-state index is -3.52. The van der Waals surface area contributed by atoms with E-state index in [9.17, 15) is 13.2 Å². The highest BCUT2D eigenvalue weighted by atomic mass is 32.2. The van der Waals surface area contributed by atoms with E-state index >= 15 is 0 Å². The number of piperazine rings is 1. The number of anilines is 1. The van der Waals surface area contributed by atoms with Gasteiger partial charge in [-0.1, -0.05) is 32.9 Å². The van der Waals surface area contributed by atoms with Crippen molar-refractivity contribution in [3.63, 3.8) is 0 Å². The average molecular weight is 464 g/mol. The SMILES string of the molecule is CCN1CCN(S(=O)(=O)c2ccc(NC(=O)CCCc3nc(C(C)(C)C)no3)cc2)CC1. The second-order valence-corrected chi connectivity index (χ2v) is 11.0. The van der Waals surface area contributed by atoms with Crippen molar-refractivity contribution in [3.05, 3.63) is 36.0 Å². The largest absolute Gasteiger partial charge is 0.339 e. The van der Waals surface area contributed by atoms with Gasteiger partial charge in [0.2, 0.25) is 21.8 Å². The molecular weight excluding hydrogens is 430 g/mol. The van der Waals surface area contributed by atoms with Crippen molar-refractivity contribution in [1.82, 2.24) is 19.3 Å². The maximum Gasteiger partial charge on any atom is 0.243 e.